The second-order valence-corrected chi connectivity index (χ2v) is 3.28. The summed E-state index contributed by atoms with van der Waals surface area (Å²) >= 11 is 0. The van der Waals surface area contributed by atoms with E-state index in [0.29, 0.717) is 0 Å². The van der Waals surface area contributed by atoms with Crippen molar-refractivity contribution in [2.75, 3.05) is 13.1 Å². The number of carbonyl (C=O) groups excluding carboxylic acids is 1. The summed E-state index contributed by atoms with van der Waals surface area (Å²) in [5.41, 5.74) is 0. The molecule has 0 atom stereocenters. The molecule has 14 heavy (non-hydrogen) atoms. The van der Waals surface area contributed by atoms with Crippen LogP contribution in [0.2, 0.25) is 0 Å². The van der Waals surface area contributed by atoms with Gasteiger partial charge in [0.1, 0.15) is 0 Å². The smallest absolute Gasteiger partial charge is 0.349 e. The van der Waals surface area contributed by atoms with Crippen molar-refractivity contribution in [1.82, 2.24) is 5.06 Å². The van der Waals surface area contributed by atoms with E-state index in [9.17, 15) is 4.79 Å². The number of piperidine rings is 1. The van der Waals surface area contributed by atoms with Gasteiger partial charge in [-0.05, 0) is 19.8 Å². The van der Waals surface area contributed by atoms with Gasteiger partial charge in [0.25, 0.3) is 0 Å². The monoisotopic (exact) mass is 195 g/mol. The van der Waals surface area contributed by atoms with Gasteiger partial charge in [-0.3, -0.25) is 0 Å². The number of hydroxylamine groups is 2. The minimum Gasteiger partial charge on any atom is -0.364 e. The summed E-state index contributed by atoms with van der Waals surface area (Å²) in [6.07, 6.45) is 10.3. The molecule has 0 saturated carbocycles. The number of hydrogen-bond donors (Lipinski definition) is 0. The second kappa shape index (κ2) is 6.38. The van der Waals surface area contributed by atoms with Gasteiger partial charge in [0.15, 0.2) is 0 Å². The summed E-state index contributed by atoms with van der Waals surface area (Å²) in [5, 5.41) is 1.74. The second-order valence-electron chi connectivity index (χ2n) is 3.28. The molecule has 0 amide bonds. The van der Waals surface area contributed by atoms with Gasteiger partial charge >= 0.3 is 5.97 Å². The molecule has 0 spiro atoms. The topological polar surface area (TPSA) is 29.5 Å². The molecule has 1 aliphatic rings. The highest BCUT2D eigenvalue weighted by molar-refractivity contribution is 5.81. The molecule has 1 heterocycles. The van der Waals surface area contributed by atoms with Crippen LogP contribution in [0.25, 0.3) is 0 Å². The first-order valence-electron chi connectivity index (χ1n) is 5.09. The molecular formula is C11H17NO2. The predicted octanol–water partition coefficient (Wildman–Crippen LogP) is 2.06. The van der Waals surface area contributed by atoms with Crippen molar-refractivity contribution in [2.45, 2.75) is 26.2 Å². The first-order valence-corrected chi connectivity index (χ1v) is 5.09. The van der Waals surface area contributed by atoms with Crippen LogP contribution < -0.4 is 0 Å². The van der Waals surface area contributed by atoms with Gasteiger partial charge in [-0.1, -0.05) is 24.6 Å². The number of allylic oxidation sites excluding steroid dienone is 3. The molecule has 0 aliphatic carbocycles. The van der Waals surface area contributed by atoms with Crippen LogP contribution >= 0.6 is 0 Å². The fourth-order valence-corrected chi connectivity index (χ4v) is 1.36. The summed E-state index contributed by atoms with van der Waals surface area (Å²) in [6.45, 7) is 3.63. The van der Waals surface area contributed by atoms with E-state index in [1.165, 1.54) is 12.5 Å². The van der Waals surface area contributed by atoms with E-state index in [1.54, 1.807) is 17.2 Å². The predicted molar refractivity (Wildman–Crippen MR) is 55.5 cm³/mol. The van der Waals surface area contributed by atoms with Crippen LogP contribution in [0.5, 0.6) is 0 Å². The highest BCUT2D eigenvalue weighted by Gasteiger charge is 2.12. The lowest BCUT2D eigenvalue weighted by molar-refractivity contribution is -0.187. The van der Waals surface area contributed by atoms with Gasteiger partial charge in [0.2, 0.25) is 0 Å². The first kappa shape index (κ1) is 11.0. The van der Waals surface area contributed by atoms with Crippen molar-refractivity contribution in [3.8, 4) is 0 Å². The maximum Gasteiger partial charge on any atom is 0.349 e. The van der Waals surface area contributed by atoms with E-state index in [-0.39, 0.29) is 5.97 Å². The van der Waals surface area contributed by atoms with Crippen LogP contribution in [0.4, 0.5) is 0 Å². The molecular weight excluding hydrogens is 178 g/mol. The third-order valence-electron chi connectivity index (χ3n) is 2.07. The zero-order chi connectivity index (χ0) is 10.2. The molecule has 0 aromatic carbocycles. The van der Waals surface area contributed by atoms with Crippen molar-refractivity contribution in [3.05, 3.63) is 24.3 Å². The summed E-state index contributed by atoms with van der Waals surface area (Å²) in [4.78, 5) is 16.3. The van der Waals surface area contributed by atoms with Crippen molar-refractivity contribution in [3.63, 3.8) is 0 Å². The lowest BCUT2D eigenvalue weighted by Crippen LogP contribution is -2.31. The summed E-state index contributed by atoms with van der Waals surface area (Å²) in [7, 11) is 0. The van der Waals surface area contributed by atoms with E-state index in [0.717, 1.165) is 25.9 Å². The molecule has 0 aromatic rings. The summed E-state index contributed by atoms with van der Waals surface area (Å²) in [5.74, 6) is -0.287. The average molecular weight is 195 g/mol. The zero-order valence-electron chi connectivity index (χ0n) is 8.61. The Labute approximate surface area is 85.0 Å². The van der Waals surface area contributed by atoms with Gasteiger partial charge in [0, 0.05) is 19.2 Å². The number of hydrogen-bond acceptors (Lipinski definition) is 3. The fourth-order valence-electron chi connectivity index (χ4n) is 1.36. The molecule has 3 heteroatoms. The Morgan fingerprint density at radius 2 is 1.93 bits per heavy atom. The minimum atomic E-state index is -0.287. The number of rotatable bonds is 3. The van der Waals surface area contributed by atoms with Crippen LogP contribution in [0.15, 0.2) is 24.3 Å². The Kier molecular flexibility index (Phi) is 5.00. The average Bonchev–Trinajstić information content (AvgIpc) is 2.20. The molecule has 0 unspecified atom stereocenters. The van der Waals surface area contributed by atoms with Gasteiger partial charge < -0.3 is 4.84 Å². The highest BCUT2D eigenvalue weighted by Crippen LogP contribution is 2.08. The van der Waals surface area contributed by atoms with Crippen molar-refractivity contribution >= 4 is 5.97 Å². The SMILES string of the molecule is CC=CC=CC(=O)ON1CCCCC1. The molecule has 1 fully saturated rings. The zero-order valence-corrected chi connectivity index (χ0v) is 8.61. The normalized spacial score (nSPS) is 19.2. The minimum absolute atomic E-state index is 0.287. The van der Waals surface area contributed by atoms with Crippen LogP contribution in [-0.2, 0) is 9.63 Å². The van der Waals surface area contributed by atoms with Crippen LogP contribution in [-0.4, -0.2) is 24.1 Å². The van der Waals surface area contributed by atoms with Crippen LogP contribution in [0.1, 0.15) is 26.2 Å². The van der Waals surface area contributed by atoms with Crippen LogP contribution in [0.3, 0.4) is 0 Å². The fraction of sp³-hybridized carbons (Fsp3) is 0.545. The van der Waals surface area contributed by atoms with Crippen molar-refractivity contribution in [1.29, 1.82) is 0 Å². The van der Waals surface area contributed by atoms with Gasteiger partial charge in [0.05, 0.1) is 0 Å². The quantitative estimate of drug-likeness (QED) is 0.510. The Bertz CT molecular complexity index is 227. The van der Waals surface area contributed by atoms with Gasteiger partial charge in [-0.15, -0.1) is 5.06 Å². The molecule has 0 bridgehead atoms. The Balaban J connectivity index is 2.25. The van der Waals surface area contributed by atoms with Gasteiger partial charge in [-0.2, -0.15) is 0 Å². The first-order chi connectivity index (χ1) is 6.83. The molecule has 0 radical (unpaired) electrons. The third kappa shape index (κ3) is 4.23. The van der Waals surface area contributed by atoms with Gasteiger partial charge in [-0.25, -0.2) is 4.79 Å². The molecule has 1 saturated heterocycles. The standard InChI is InChI=1S/C11H17NO2/c1-2-3-5-8-11(13)14-12-9-6-4-7-10-12/h2-3,5,8H,4,6-7,9-10H2,1H3. The van der Waals surface area contributed by atoms with E-state index >= 15 is 0 Å². The van der Waals surface area contributed by atoms with Crippen LogP contribution in [0, 0.1) is 0 Å². The van der Waals surface area contributed by atoms with Crippen molar-refractivity contribution < 1.29 is 9.63 Å². The Morgan fingerprint density at radius 1 is 1.21 bits per heavy atom. The molecule has 0 aromatic heterocycles. The van der Waals surface area contributed by atoms with E-state index in [1.807, 2.05) is 13.0 Å². The van der Waals surface area contributed by atoms with Crippen molar-refractivity contribution in [2.24, 2.45) is 0 Å². The molecule has 1 rings (SSSR count). The largest absolute Gasteiger partial charge is 0.364 e. The van der Waals surface area contributed by atoms with E-state index in [2.05, 4.69) is 0 Å². The maximum atomic E-state index is 11.2. The number of nitrogens with zero attached hydrogens (tertiary/aromatic N) is 1. The summed E-state index contributed by atoms with van der Waals surface area (Å²) in [6, 6.07) is 0. The van der Waals surface area contributed by atoms with E-state index in [4.69, 9.17) is 4.84 Å². The van der Waals surface area contributed by atoms with E-state index < -0.39 is 0 Å². The number of carbonyl (C=O) groups is 1. The third-order valence-corrected chi connectivity index (χ3v) is 2.07. The molecule has 78 valence electrons. The Morgan fingerprint density at radius 3 is 2.57 bits per heavy atom. The Hall–Kier alpha value is -1.09. The summed E-state index contributed by atoms with van der Waals surface area (Å²) < 4.78 is 0. The molecule has 3 nitrogen and oxygen atoms in total. The molecule has 1 aliphatic heterocycles. The lowest BCUT2D eigenvalue weighted by atomic mass is 10.2. The highest BCUT2D eigenvalue weighted by atomic mass is 16.7. The molecule has 0 N–H and O–H groups in total. The maximum absolute atomic E-state index is 11.2. The lowest BCUT2D eigenvalue weighted by Gasteiger charge is -2.23.